The van der Waals surface area contributed by atoms with Gasteiger partial charge in [0.1, 0.15) is 15.6 Å². The minimum Gasteiger partial charge on any atom is -0.390 e. The molecule has 4 nitrogen and oxygen atoms in total. The second-order valence-electron chi connectivity index (χ2n) is 4.60. The molecule has 0 aromatic carbocycles. The van der Waals surface area contributed by atoms with Crippen molar-refractivity contribution in [2.45, 2.75) is 51.0 Å². The van der Waals surface area contributed by atoms with E-state index in [4.69, 9.17) is 0 Å². The zero-order valence-corrected chi connectivity index (χ0v) is 10.6. The molecule has 0 radical (unpaired) electrons. The van der Waals surface area contributed by atoms with Gasteiger partial charge in [-0.15, -0.1) is 0 Å². The molecule has 16 heavy (non-hydrogen) atoms. The van der Waals surface area contributed by atoms with Gasteiger partial charge in [0.2, 0.25) is 0 Å². The Bertz CT molecular complexity index is 335. The number of rotatable bonds is 5. The van der Waals surface area contributed by atoms with E-state index in [1.807, 2.05) is 0 Å². The van der Waals surface area contributed by atoms with Crippen molar-refractivity contribution < 1.29 is 18.3 Å². The van der Waals surface area contributed by atoms with Crippen LogP contribution in [0.2, 0.25) is 0 Å². The SMILES string of the molecule is CCS(=O)(=O)CCCC1(O)CCC(=O)CC1. The van der Waals surface area contributed by atoms with E-state index in [2.05, 4.69) is 0 Å². The molecule has 0 heterocycles. The number of hydrogen-bond acceptors (Lipinski definition) is 4. The maximum atomic E-state index is 11.3. The van der Waals surface area contributed by atoms with Gasteiger partial charge in [-0.2, -0.15) is 0 Å². The fraction of sp³-hybridized carbons (Fsp3) is 0.909. The van der Waals surface area contributed by atoms with Crippen LogP contribution >= 0.6 is 0 Å². The Kier molecular flexibility index (Phi) is 4.50. The Labute approximate surface area is 97.0 Å². The van der Waals surface area contributed by atoms with Crippen LogP contribution in [0, 0.1) is 0 Å². The Morgan fingerprint density at radius 2 is 1.88 bits per heavy atom. The first-order valence-corrected chi connectivity index (χ1v) is 7.63. The van der Waals surface area contributed by atoms with Crippen molar-refractivity contribution in [3.8, 4) is 0 Å². The molecular formula is C11H20O4S. The number of aliphatic hydroxyl groups is 1. The molecule has 94 valence electrons. The van der Waals surface area contributed by atoms with Gasteiger partial charge in [-0.1, -0.05) is 6.92 Å². The zero-order valence-electron chi connectivity index (χ0n) is 9.74. The molecule has 1 fully saturated rings. The molecule has 0 atom stereocenters. The third-order valence-corrected chi connectivity index (χ3v) is 5.07. The third-order valence-electron chi connectivity index (χ3n) is 3.28. The Hall–Kier alpha value is -0.420. The maximum absolute atomic E-state index is 11.3. The molecule has 1 N–H and O–H groups in total. The number of carbonyl (C=O) groups is 1. The van der Waals surface area contributed by atoms with E-state index in [1.165, 1.54) is 0 Å². The Balaban J connectivity index is 2.35. The van der Waals surface area contributed by atoms with E-state index in [0.717, 1.165) is 0 Å². The number of hydrogen-bond donors (Lipinski definition) is 1. The third kappa shape index (κ3) is 4.22. The minimum absolute atomic E-state index is 0.139. The van der Waals surface area contributed by atoms with Crippen molar-refractivity contribution in [1.82, 2.24) is 0 Å². The first-order chi connectivity index (χ1) is 7.37. The first kappa shape index (κ1) is 13.6. The molecule has 1 rings (SSSR count). The van der Waals surface area contributed by atoms with Crippen LogP contribution in [0.4, 0.5) is 0 Å². The van der Waals surface area contributed by atoms with Crippen molar-refractivity contribution in [3.63, 3.8) is 0 Å². The molecule has 1 aliphatic rings. The number of ketones is 1. The lowest BCUT2D eigenvalue weighted by Gasteiger charge is -2.31. The van der Waals surface area contributed by atoms with Crippen LogP contribution in [-0.2, 0) is 14.6 Å². The van der Waals surface area contributed by atoms with Crippen molar-refractivity contribution in [3.05, 3.63) is 0 Å². The van der Waals surface area contributed by atoms with E-state index >= 15 is 0 Å². The molecule has 0 unspecified atom stereocenters. The summed E-state index contributed by atoms with van der Waals surface area (Å²) in [6, 6.07) is 0. The van der Waals surface area contributed by atoms with Gasteiger partial charge in [0, 0.05) is 18.6 Å². The zero-order chi connectivity index (χ0) is 12.2. The van der Waals surface area contributed by atoms with Crippen molar-refractivity contribution in [2.75, 3.05) is 11.5 Å². The predicted octanol–water partition coefficient (Wildman–Crippen LogP) is 1.08. The summed E-state index contributed by atoms with van der Waals surface area (Å²) < 4.78 is 22.5. The van der Waals surface area contributed by atoms with E-state index in [0.29, 0.717) is 38.5 Å². The van der Waals surface area contributed by atoms with E-state index < -0.39 is 15.4 Å². The lowest BCUT2D eigenvalue weighted by molar-refractivity contribution is -0.125. The fourth-order valence-electron chi connectivity index (χ4n) is 2.01. The van der Waals surface area contributed by atoms with Gasteiger partial charge < -0.3 is 5.11 Å². The lowest BCUT2D eigenvalue weighted by Crippen LogP contribution is -2.34. The maximum Gasteiger partial charge on any atom is 0.150 e. The van der Waals surface area contributed by atoms with Crippen molar-refractivity contribution >= 4 is 15.6 Å². The summed E-state index contributed by atoms with van der Waals surface area (Å²) in [5.74, 6) is 0.495. The highest BCUT2D eigenvalue weighted by Crippen LogP contribution is 2.30. The second-order valence-corrected chi connectivity index (χ2v) is 7.08. The van der Waals surface area contributed by atoms with E-state index in [1.54, 1.807) is 6.92 Å². The molecule has 0 spiro atoms. The van der Waals surface area contributed by atoms with Crippen molar-refractivity contribution in [2.24, 2.45) is 0 Å². The topological polar surface area (TPSA) is 71.4 Å². The summed E-state index contributed by atoms with van der Waals surface area (Å²) in [6.45, 7) is 1.63. The van der Waals surface area contributed by atoms with Crippen LogP contribution < -0.4 is 0 Å². The van der Waals surface area contributed by atoms with Crippen LogP contribution in [0.1, 0.15) is 45.4 Å². The van der Waals surface area contributed by atoms with Crippen LogP contribution in [-0.4, -0.2) is 36.4 Å². The highest BCUT2D eigenvalue weighted by Gasteiger charge is 2.31. The average molecular weight is 248 g/mol. The molecule has 1 aliphatic carbocycles. The van der Waals surface area contributed by atoms with Gasteiger partial charge in [-0.3, -0.25) is 4.79 Å². The molecule has 0 bridgehead atoms. The molecule has 0 saturated heterocycles. The number of Topliss-reactive ketones (excluding diaryl/α,β-unsaturated/α-hetero) is 1. The molecule has 5 heteroatoms. The van der Waals surface area contributed by atoms with Crippen LogP contribution in [0.5, 0.6) is 0 Å². The van der Waals surface area contributed by atoms with Gasteiger partial charge >= 0.3 is 0 Å². The quantitative estimate of drug-likeness (QED) is 0.790. The molecule has 0 amide bonds. The number of carbonyl (C=O) groups excluding carboxylic acids is 1. The molecule has 0 aromatic heterocycles. The van der Waals surface area contributed by atoms with Gasteiger partial charge in [0.05, 0.1) is 11.4 Å². The van der Waals surface area contributed by atoms with Crippen LogP contribution in [0.15, 0.2) is 0 Å². The summed E-state index contributed by atoms with van der Waals surface area (Å²) in [7, 11) is -2.94. The highest BCUT2D eigenvalue weighted by molar-refractivity contribution is 7.91. The Morgan fingerprint density at radius 1 is 1.31 bits per heavy atom. The fourth-order valence-corrected chi connectivity index (χ4v) is 2.88. The molecule has 0 aliphatic heterocycles. The van der Waals surface area contributed by atoms with E-state index in [-0.39, 0.29) is 17.3 Å². The van der Waals surface area contributed by atoms with Crippen LogP contribution in [0.25, 0.3) is 0 Å². The smallest absolute Gasteiger partial charge is 0.150 e. The van der Waals surface area contributed by atoms with Crippen molar-refractivity contribution in [1.29, 1.82) is 0 Å². The van der Waals surface area contributed by atoms with Gasteiger partial charge in [0.15, 0.2) is 0 Å². The summed E-state index contributed by atoms with van der Waals surface area (Å²) in [4.78, 5) is 11.0. The average Bonchev–Trinajstić information content (AvgIpc) is 2.23. The second kappa shape index (κ2) is 5.27. The first-order valence-electron chi connectivity index (χ1n) is 5.81. The summed E-state index contributed by atoms with van der Waals surface area (Å²) >= 11 is 0. The predicted molar refractivity (Wildman–Crippen MR) is 62.0 cm³/mol. The molecule has 1 saturated carbocycles. The standard InChI is InChI=1S/C11H20O4S/c1-2-16(14,15)9-3-6-11(13)7-4-10(12)5-8-11/h13H,2-9H2,1H3. The Morgan fingerprint density at radius 3 is 2.38 bits per heavy atom. The van der Waals surface area contributed by atoms with Gasteiger partial charge in [-0.05, 0) is 25.7 Å². The van der Waals surface area contributed by atoms with Gasteiger partial charge in [-0.25, -0.2) is 8.42 Å². The monoisotopic (exact) mass is 248 g/mol. The van der Waals surface area contributed by atoms with Crippen LogP contribution in [0.3, 0.4) is 0 Å². The normalized spacial score (nSPS) is 21.0. The largest absolute Gasteiger partial charge is 0.390 e. The molecule has 0 aromatic rings. The summed E-state index contributed by atoms with van der Waals surface area (Å²) in [6.07, 6.45) is 2.80. The lowest BCUT2D eigenvalue weighted by atomic mass is 9.81. The van der Waals surface area contributed by atoms with E-state index in [9.17, 15) is 18.3 Å². The summed E-state index contributed by atoms with van der Waals surface area (Å²) in [5.41, 5.74) is -0.808. The minimum atomic E-state index is -2.94. The highest BCUT2D eigenvalue weighted by atomic mass is 32.2. The summed E-state index contributed by atoms with van der Waals surface area (Å²) in [5, 5.41) is 10.1. The number of sulfone groups is 1. The van der Waals surface area contributed by atoms with Gasteiger partial charge in [0.25, 0.3) is 0 Å². The molecular weight excluding hydrogens is 228 g/mol.